The normalized spacial score (nSPS) is 9.64. The molecule has 0 N–H and O–H groups in total. The van der Waals surface area contributed by atoms with Crippen LogP contribution in [0.1, 0.15) is 11.1 Å². The minimum atomic E-state index is 1.33. The van der Waals surface area contributed by atoms with Crippen LogP contribution in [-0.4, -0.2) is 0 Å². The van der Waals surface area contributed by atoms with E-state index in [1.54, 1.807) is 11.8 Å². The van der Waals surface area contributed by atoms with Crippen LogP contribution in [-0.2, 0) is 0 Å². The Morgan fingerprint density at radius 3 is 2.27 bits per heavy atom. The molecule has 0 nitrogen and oxygen atoms in total. The van der Waals surface area contributed by atoms with Crippen LogP contribution < -0.4 is 0 Å². The molecule has 11 heavy (non-hydrogen) atoms. The number of rotatable bonds is 2. The van der Waals surface area contributed by atoms with Crippen LogP contribution in [0.5, 0.6) is 0 Å². The van der Waals surface area contributed by atoms with Crippen molar-refractivity contribution >= 4 is 11.8 Å². The molecule has 1 aromatic carbocycles. The third-order valence-electron chi connectivity index (χ3n) is 1.61. The van der Waals surface area contributed by atoms with E-state index in [1.807, 2.05) is 5.41 Å². The van der Waals surface area contributed by atoms with Crippen LogP contribution >= 0.6 is 11.8 Å². The van der Waals surface area contributed by atoms with E-state index in [2.05, 4.69) is 38.6 Å². The zero-order chi connectivity index (χ0) is 8.27. The average Bonchev–Trinajstić information content (AvgIpc) is 1.97. The predicted octanol–water partition coefficient (Wildman–Crippen LogP) is 3.54. The number of thioether (sulfide) groups is 1. The first-order valence-electron chi connectivity index (χ1n) is 3.59. The van der Waals surface area contributed by atoms with Gasteiger partial charge in [-0.15, -0.1) is 0 Å². The maximum absolute atomic E-state index is 3.70. The Bertz CT molecular complexity index is 243. The highest BCUT2D eigenvalue weighted by Crippen LogP contribution is 2.25. The van der Waals surface area contributed by atoms with Crippen molar-refractivity contribution in [2.24, 2.45) is 0 Å². The minimum Gasteiger partial charge on any atom is -0.0981 e. The molecule has 0 heterocycles. The van der Waals surface area contributed by atoms with Gasteiger partial charge in [0.05, 0.1) is 0 Å². The summed E-state index contributed by atoms with van der Waals surface area (Å²) in [6.07, 6.45) is 0. The summed E-state index contributed by atoms with van der Waals surface area (Å²) in [7, 11) is 0. The van der Waals surface area contributed by atoms with Crippen molar-refractivity contribution in [2.75, 3.05) is 0 Å². The molecule has 0 aromatic heterocycles. The van der Waals surface area contributed by atoms with Crippen LogP contribution in [0.3, 0.4) is 0 Å². The monoisotopic (exact) mass is 164 g/mol. The summed E-state index contributed by atoms with van der Waals surface area (Å²) in [6.45, 7) is 7.95. The molecule has 1 aromatic rings. The van der Waals surface area contributed by atoms with Crippen molar-refractivity contribution in [3.8, 4) is 0 Å². The Balaban J connectivity index is 3.09. The van der Waals surface area contributed by atoms with E-state index < -0.39 is 0 Å². The molecule has 0 amide bonds. The van der Waals surface area contributed by atoms with E-state index >= 15 is 0 Å². The van der Waals surface area contributed by atoms with Gasteiger partial charge in [-0.25, -0.2) is 0 Å². The number of hydrogen-bond donors (Lipinski definition) is 0. The highest BCUT2D eigenvalue weighted by Gasteiger charge is 1.98. The SMILES string of the molecule is C=CSc1c(C)cccc1C. The van der Waals surface area contributed by atoms with Crippen molar-refractivity contribution in [3.63, 3.8) is 0 Å². The Hall–Kier alpha value is -0.690. The van der Waals surface area contributed by atoms with E-state index in [1.165, 1.54) is 16.0 Å². The molecule has 0 unspecified atom stereocenters. The van der Waals surface area contributed by atoms with E-state index in [-0.39, 0.29) is 0 Å². The lowest BCUT2D eigenvalue weighted by atomic mass is 10.2. The fraction of sp³-hybridized carbons (Fsp3) is 0.200. The molecule has 0 atom stereocenters. The number of hydrogen-bond acceptors (Lipinski definition) is 1. The lowest BCUT2D eigenvalue weighted by Gasteiger charge is -2.04. The zero-order valence-corrected chi connectivity index (χ0v) is 7.74. The smallest absolute Gasteiger partial charge is 0.0174 e. The molecule has 0 bridgehead atoms. The Kier molecular flexibility index (Phi) is 2.77. The standard InChI is InChI=1S/C10H12S/c1-4-11-10-8(2)6-5-7-9(10)3/h4-7H,1H2,2-3H3. The third-order valence-corrected chi connectivity index (χ3v) is 2.66. The van der Waals surface area contributed by atoms with Gasteiger partial charge in [-0.05, 0) is 30.4 Å². The number of benzene rings is 1. The topological polar surface area (TPSA) is 0 Å². The number of aryl methyl sites for hydroxylation is 2. The molecule has 0 aliphatic rings. The molecule has 1 rings (SSSR count). The Morgan fingerprint density at radius 1 is 1.27 bits per heavy atom. The molecule has 0 radical (unpaired) electrons. The summed E-state index contributed by atoms with van der Waals surface area (Å²) in [6, 6.07) is 6.33. The lowest BCUT2D eigenvalue weighted by Crippen LogP contribution is -1.81. The summed E-state index contributed by atoms with van der Waals surface area (Å²) >= 11 is 1.69. The van der Waals surface area contributed by atoms with Gasteiger partial charge in [0, 0.05) is 4.90 Å². The molecule has 0 spiro atoms. The largest absolute Gasteiger partial charge is 0.0981 e. The molecule has 0 fully saturated rings. The molecule has 58 valence electrons. The highest BCUT2D eigenvalue weighted by atomic mass is 32.2. The zero-order valence-electron chi connectivity index (χ0n) is 6.92. The van der Waals surface area contributed by atoms with Gasteiger partial charge in [-0.2, -0.15) is 0 Å². The summed E-state index contributed by atoms with van der Waals surface area (Å²) < 4.78 is 0. The maximum Gasteiger partial charge on any atom is 0.0174 e. The van der Waals surface area contributed by atoms with Crippen molar-refractivity contribution < 1.29 is 0 Å². The quantitative estimate of drug-likeness (QED) is 0.602. The first-order valence-corrected chi connectivity index (χ1v) is 4.47. The summed E-state index contributed by atoms with van der Waals surface area (Å²) in [4.78, 5) is 1.34. The van der Waals surface area contributed by atoms with Crippen LogP contribution in [0.4, 0.5) is 0 Å². The molecule has 0 saturated carbocycles. The average molecular weight is 164 g/mol. The molecule has 0 aliphatic heterocycles. The van der Waals surface area contributed by atoms with Crippen molar-refractivity contribution in [1.82, 2.24) is 0 Å². The molecule has 0 saturated heterocycles. The summed E-state index contributed by atoms with van der Waals surface area (Å²) in [5.41, 5.74) is 2.66. The van der Waals surface area contributed by atoms with Gasteiger partial charge in [0.1, 0.15) is 0 Å². The summed E-state index contributed by atoms with van der Waals surface area (Å²) in [5.74, 6) is 0. The Morgan fingerprint density at radius 2 is 1.82 bits per heavy atom. The van der Waals surface area contributed by atoms with Crippen LogP contribution in [0.15, 0.2) is 35.1 Å². The van der Waals surface area contributed by atoms with Crippen molar-refractivity contribution in [3.05, 3.63) is 41.3 Å². The van der Waals surface area contributed by atoms with Crippen molar-refractivity contribution in [1.29, 1.82) is 0 Å². The predicted molar refractivity (Wildman–Crippen MR) is 52.0 cm³/mol. The molecule has 0 aliphatic carbocycles. The van der Waals surface area contributed by atoms with Gasteiger partial charge >= 0.3 is 0 Å². The van der Waals surface area contributed by atoms with Gasteiger partial charge in [0.25, 0.3) is 0 Å². The summed E-state index contributed by atoms with van der Waals surface area (Å²) in [5, 5.41) is 1.87. The van der Waals surface area contributed by atoms with Gasteiger partial charge in [0.15, 0.2) is 0 Å². The second-order valence-electron chi connectivity index (χ2n) is 2.51. The molecular formula is C10H12S. The van der Waals surface area contributed by atoms with E-state index in [4.69, 9.17) is 0 Å². The third kappa shape index (κ3) is 1.87. The first kappa shape index (κ1) is 8.41. The van der Waals surface area contributed by atoms with Crippen LogP contribution in [0.2, 0.25) is 0 Å². The fourth-order valence-corrected chi connectivity index (χ4v) is 1.74. The second kappa shape index (κ2) is 3.63. The minimum absolute atomic E-state index is 1.33. The van der Waals surface area contributed by atoms with Gasteiger partial charge in [-0.1, -0.05) is 36.5 Å². The second-order valence-corrected chi connectivity index (χ2v) is 3.48. The highest BCUT2D eigenvalue weighted by molar-refractivity contribution is 8.02. The molecular weight excluding hydrogens is 152 g/mol. The fourth-order valence-electron chi connectivity index (χ4n) is 1.07. The van der Waals surface area contributed by atoms with Crippen LogP contribution in [0.25, 0.3) is 0 Å². The van der Waals surface area contributed by atoms with Crippen molar-refractivity contribution in [2.45, 2.75) is 18.7 Å². The van der Waals surface area contributed by atoms with E-state index in [9.17, 15) is 0 Å². The van der Waals surface area contributed by atoms with Gasteiger partial charge < -0.3 is 0 Å². The molecule has 1 heteroatoms. The van der Waals surface area contributed by atoms with E-state index in [0.717, 1.165) is 0 Å². The maximum atomic E-state index is 3.70. The van der Waals surface area contributed by atoms with Crippen LogP contribution in [0, 0.1) is 13.8 Å². The van der Waals surface area contributed by atoms with Gasteiger partial charge in [-0.3, -0.25) is 0 Å². The first-order chi connectivity index (χ1) is 5.25. The van der Waals surface area contributed by atoms with Gasteiger partial charge in [0.2, 0.25) is 0 Å². The Labute approximate surface area is 72.3 Å². The lowest BCUT2D eigenvalue weighted by molar-refractivity contribution is 1.22. The van der Waals surface area contributed by atoms with E-state index in [0.29, 0.717) is 0 Å².